The maximum absolute atomic E-state index is 14.2. The molecule has 0 N–H and O–H groups in total. The Balaban J connectivity index is 2.03. The first-order valence-electron chi connectivity index (χ1n) is 7.33. The Morgan fingerprint density at radius 1 is 1.30 bits per heavy atom. The van der Waals surface area contributed by atoms with Gasteiger partial charge in [0.05, 0.1) is 10.6 Å². The first-order chi connectivity index (χ1) is 11.0. The van der Waals surface area contributed by atoms with Crippen LogP contribution in [0.25, 0.3) is 0 Å². The molecule has 0 atom stereocenters. The first-order valence-corrected chi connectivity index (χ1v) is 7.33. The summed E-state index contributed by atoms with van der Waals surface area (Å²) in [5, 5.41) is 11.0. The summed E-state index contributed by atoms with van der Waals surface area (Å²) in [6, 6.07) is 9.08. The van der Waals surface area contributed by atoms with Crippen molar-refractivity contribution in [2.45, 2.75) is 19.8 Å². The molecule has 1 aliphatic rings. The summed E-state index contributed by atoms with van der Waals surface area (Å²) in [5.41, 5.74) is 1.63. The number of carbonyl (C=O) groups is 1. The topological polar surface area (TPSA) is 63.5 Å². The largest absolute Gasteiger partial charge is 0.305 e. The maximum Gasteiger partial charge on any atom is 0.273 e. The third-order valence-electron chi connectivity index (χ3n) is 4.07. The number of nitro groups is 1. The van der Waals surface area contributed by atoms with Crippen LogP contribution < -0.4 is 4.90 Å². The Hall–Kier alpha value is -2.76. The van der Waals surface area contributed by atoms with E-state index in [9.17, 15) is 19.3 Å². The van der Waals surface area contributed by atoms with Crippen molar-refractivity contribution in [3.63, 3.8) is 0 Å². The lowest BCUT2D eigenvalue weighted by molar-refractivity contribution is -0.385. The van der Waals surface area contributed by atoms with Crippen molar-refractivity contribution in [1.82, 2.24) is 0 Å². The van der Waals surface area contributed by atoms with E-state index in [1.807, 2.05) is 0 Å². The standard InChI is InChI=1S/C17H15FN2O3/c1-11-7-8-13(10-15(11)20(22)23)17(21)19-9-3-5-12-4-2-6-14(18)16(12)19/h2,4,6-8,10H,3,5,9H2,1H3. The van der Waals surface area contributed by atoms with Crippen LogP contribution in [0.3, 0.4) is 0 Å². The molecular formula is C17H15FN2O3. The number of amides is 1. The fraction of sp³-hybridized carbons (Fsp3) is 0.235. The lowest BCUT2D eigenvalue weighted by Crippen LogP contribution is -2.36. The van der Waals surface area contributed by atoms with Gasteiger partial charge in [0.1, 0.15) is 5.82 Å². The SMILES string of the molecule is Cc1ccc(C(=O)N2CCCc3cccc(F)c32)cc1[N+](=O)[O-]. The number of benzene rings is 2. The van der Waals surface area contributed by atoms with E-state index in [1.165, 1.54) is 23.1 Å². The average molecular weight is 314 g/mol. The van der Waals surface area contributed by atoms with Crippen LogP contribution in [0.5, 0.6) is 0 Å². The number of aryl methyl sites for hydroxylation is 2. The molecule has 1 heterocycles. The summed E-state index contributed by atoms with van der Waals surface area (Å²) in [7, 11) is 0. The van der Waals surface area contributed by atoms with Gasteiger partial charge in [-0.15, -0.1) is 0 Å². The van der Waals surface area contributed by atoms with Gasteiger partial charge in [-0.3, -0.25) is 14.9 Å². The number of nitrogens with zero attached hydrogens (tertiary/aromatic N) is 2. The van der Waals surface area contributed by atoms with E-state index < -0.39 is 16.6 Å². The molecule has 0 saturated carbocycles. The lowest BCUT2D eigenvalue weighted by atomic mass is 10.00. The van der Waals surface area contributed by atoms with E-state index in [-0.39, 0.29) is 16.9 Å². The van der Waals surface area contributed by atoms with Crippen molar-refractivity contribution in [2.24, 2.45) is 0 Å². The van der Waals surface area contributed by atoms with Crippen LogP contribution in [-0.4, -0.2) is 17.4 Å². The van der Waals surface area contributed by atoms with Crippen LogP contribution in [-0.2, 0) is 6.42 Å². The molecule has 0 unspecified atom stereocenters. The zero-order valence-electron chi connectivity index (χ0n) is 12.6. The molecule has 2 aromatic rings. The molecule has 118 valence electrons. The maximum atomic E-state index is 14.2. The second kappa shape index (κ2) is 5.79. The predicted molar refractivity (Wildman–Crippen MR) is 84.2 cm³/mol. The predicted octanol–water partition coefficient (Wildman–Crippen LogP) is 3.64. The number of halogens is 1. The van der Waals surface area contributed by atoms with Gasteiger partial charge < -0.3 is 4.90 Å². The molecule has 0 fully saturated rings. The third-order valence-corrected chi connectivity index (χ3v) is 4.07. The molecule has 1 amide bonds. The Labute approximate surface area is 132 Å². The van der Waals surface area contributed by atoms with E-state index in [0.29, 0.717) is 18.5 Å². The Kier molecular flexibility index (Phi) is 3.82. The van der Waals surface area contributed by atoms with Crippen molar-refractivity contribution in [3.05, 3.63) is 69.0 Å². The number of hydrogen-bond donors (Lipinski definition) is 0. The molecule has 1 aliphatic heterocycles. The molecular weight excluding hydrogens is 299 g/mol. The molecule has 0 radical (unpaired) electrons. The smallest absolute Gasteiger partial charge is 0.273 e. The lowest BCUT2D eigenvalue weighted by Gasteiger charge is -2.29. The zero-order chi connectivity index (χ0) is 16.6. The van der Waals surface area contributed by atoms with Gasteiger partial charge in [0, 0.05) is 23.7 Å². The molecule has 0 spiro atoms. The third kappa shape index (κ3) is 2.67. The number of hydrogen-bond acceptors (Lipinski definition) is 3. The minimum atomic E-state index is -0.517. The average Bonchev–Trinajstić information content (AvgIpc) is 2.54. The minimum Gasteiger partial charge on any atom is -0.305 e. The highest BCUT2D eigenvalue weighted by atomic mass is 19.1. The second-order valence-electron chi connectivity index (χ2n) is 5.57. The van der Waals surface area contributed by atoms with E-state index in [1.54, 1.807) is 25.1 Å². The number of fused-ring (bicyclic) bond motifs is 1. The normalized spacial score (nSPS) is 13.6. The highest BCUT2D eigenvalue weighted by Crippen LogP contribution is 2.31. The molecule has 0 aliphatic carbocycles. The Morgan fingerprint density at radius 3 is 2.83 bits per heavy atom. The molecule has 0 bridgehead atoms. The molecule has 2 aromatic carbocycles. The Morgan fingerprint density at radius 2 is 2.09 bits per heavy atom. The molecule has 6 heteroatoms. The monoisotopic (exact) mass is 314 g/mol. The summed E-state index contributed by atoms with van der Waals surface area (Å²) in [4.78, 5) is 24.6. The highest BCUT2D eigenvalue weighted by Gasteiger charge is 2.27. The van der Waals surface area contributed by atoms with Crippen molar-refractivity contribution in [3.8, 4) is 0 Å². The summed E-state index contributed by atoms with van der Waals surface area (Å²) in [5.74, 6) is -0.865. The van der Waals surface area contributed by atoms with E-state index in [4.69, 9.17) is 0 Å². The van der Waals surface area contributed by atoms with Gasteiger partial charge in [-0.25, -0.2) is 4.39 Å². The van der Waals surface area contributed by atoms with Crippen molar-refractivity contribution < 1.29 is 14.1 Å². The molecule has 23 heavy (non-hydrogen) atoms. The summed E-state index contributed by atoms with van der Waals surface area (Å²) in [6.45, 7) is 2.01. The van der Waals surface area contributed by atoms with Gasteiger partial charge in [-0.2, -0.15) is 0 Å². The molecule has 0 aromatic heterocycles. The van der Waals surface area contributed by atoms with Crippen molar-refractivity contribution in [2.75, 3.05) is 11.4 Å². The van der Waals surface area contributed by atoms with Crippen LogP contribution >= 0.6 is 0 Å². The van der Waals surface area contributed by atoms with E-state index >= 15 is 0 Å². The summed E-state index contributed by atoms with van der Waals surface area (Å²) < 4.78 is 14.2. The quantitative estimate of drug-likeness (QED) is 0.628. The molecule has 0 saturated heterocycles. The van der Waals surface area contributed by atoms with Gasteiger partial charge in [-0.1, -0.05) is 18.2 Å². The second-order valence-corrected chi connectivity index (χ2v) is 5.57. The van der Waals surface area contributed by atoms with Crippen LogP contribution in [0.1, 0.15) is 27.9 Å². The fourth-order valence-corrected chi connectivity index (χ4v) is 2.90. The van der Waals surface area contributed by atoms with Gasteiger partial charge in [0.2, 0.25) is 0 Å². The van der Waals surface area contributed by atoms with Crippen LogP contribution in [0.2, 0.25) is 0 Å². The molecule has 5 nitrogen and oxygen atoms in total. The number of nitro benzene ring substituents is 1. The van der Waals surface area contributed by atoms with Crippen LogP contribution in [0, 0.1) is 22.9 Å². The van der Waals surface area contributed by atoms with Gasteiger partial charge in [0.15, 0.2) is 0 Å². The first kappa shape index (κ1) is 15.1. The summed E-state index contributed by atoms with van der Waals surface area (Å²) in [6.07, 6.45) is 1.45. The fourth-order valence-electron chi connectivity index (χ4n) is 2.90. The number of anilines is 1. The van der Waals surface area contributed by atoms with Gasteiger partial charge in [0.25, 0.3) is 11.6 Å². The van der Waals surface area contributed by atoms with Gasteiger partial charge in [-0.05, 0) is 37.5 Å². The number of rotatable bonds is 2. The van der Waals surface area contributed by atoms with E-state index in [2.05, 4.69) is 0 Å². The Bertz CT molecular complexity index is 804. The van der Waals surface area contributed by atoms with Crippen LogP contribution in [0.15, 0.2) is 36.4 Å². The highest BCUT2D eigenvalue weighted by molar-refractivity contribution is 6.07. The van der Waals surface area contributed by atoms with E-state index in [0.717, 1.165) is 12.0 Å². The molecule has 3 rings (SSSR count). The summed E-state index contributed by atoms with van der Waals surface area (Å²) >= 11 is 0. The van der Waals surface area contributed by atoms with Crippen molar-refractivity contribution in [1.29, 1.82) is 0 Å². The number of carbonyl (C=O) groups excluding carboxylic acids is 1. The number of para-hydroxylation sites is 1. The zero-order valence-corrected chi connectivity index (χ0v) is 12.6. The van der Waals surface area contributed by atoms with Crippen molar-refractivity contribution >= 4 is 17.3 Å². The van der Waals surface area contributed by atoms with Gasteiger partial charge >= 0.3 is 0 Å². The van der Waals surface area contributed by atoms with Crippen LogP contribution in [0.4, 0.5) is 15.8 Å². The minimum absolute atomic E-state index is 0.110.